The van der Waals surface area contributed by atoms with Crippen molar-refractivity contribution in [1.29, 1.82) is 0 Å². The van der Waals surface area contributed by atoms with Crippen molar-refractivity contribution < 1.29 is 23.4 Å². The number of rotatable bonds is 6. The maximum Gasteiger partial charge on any atom is 0.321 e. The summed E-state index contributed by atoms with van der Waals surface area (Å²) in [5.74, 6) is -1.25. The number of carbonyl (C=O) groups is 1. The standard InChI is InChI=1S/C10H19NO5S/c12-7-6-9(10(13)14)11-17(15,16)8-4-2-1-3-5-8/h8-9,11-12H,1-7H2,(H,13,14). The highest BCUT2D eigenvalue weighted by Gasteiger charge is 2.31. The first-order valence-corrected chi connectivity index (χ1v) is 7.37. The first-order chi connectivity index (χ1) is 7.97. The molecule has 6 nitrogen and oxygen atoms in total. The summed E-state index contributed by atoms with van der Waals surface area (Å²) in [5, 5.41) is 17.0. The third-order valence-electron chi connectivity index (χ3n) is 3.01. The highest BCUT2D eigenvalue weighted by Crippen LogP contribution is 2.23. The van der Waals surface area contributed by atoms with E-state index in [0.29, 0.717) is 12.8 Å². The Hall–Kier alpha value is -0.660. The maximum absolute atomic E-state index is 11.9. The van der Waals surface area contributed by atoms with E-state index in [9.17, 15) is 13.2 Å². The molecule has 0 aliphatic heterocycles. The molecule has 100 valence electrons. The zero-order chi connectivity index (χ0) is 12.9. The molecule has 0 bridgehead atoms. The molecule has 0 spiro atoms. The average Bonchev–Trinajstić information content (AvgIpc) is 2.29. The molecule has 0 heterocycles. The van der Waals surface area contributed by atoms with Crippen molar-refractivity contribution in [3.05, 3.63) is 0 Å². The van der Waals surface area contributed by atoms with E-state index in [1.807, 2.05) is 0 Å². The second kappa shape index (κ2) is 6.32. The van der Waals surface area contributed by atoms with Crippen LogP contribution in [0.4, 0.5) is 0 Å². The van der Waals surface area contributed by atoms with Crippen LogP contribution in [0.15, 0.2) is 0 Å². The Kier molecular flexibility index (Phi) is 5.35. The van der Waals surface area contributed by atoms with E-state index in [-0.39, 0.29) is 13.0 Å². The zero-order valence-corrected chi connectivity index (χ0v) is 10.4. The number of aliphatic hydroxyl groups is 1. The lowest BCUT2D eigenvalue weighted by Crippen LogP contribution is -2.46. The van der Waals surface area contributed by atoms with Crippen LogP contribution >= 0.6 is 0 Å². The monoisotopic (exact) mass is 265 g/mol. The molecule has 1 aliphatic carbocycles. The minimum absolute atomic E-state index is 0.110. The molecule has 7 heteroatoms. The highest BCUT2D eigenvalue weighted by atomic mass is 32.2. The summed E-state index contributed by atoms with van der Waals surface area (Å²) >= 11 is 0. The van der Waals surface area contributed by atoms with Crippen LogP contribution in [0.5, 0.6) is 0 Å². The van der Waals surface area contributed by atoms with Gasteiger partial charge >= 0.3 is 5.97 Å². The molecule has 0 aromatic carbocycles. The van der Waals surface area contributed by atoms with Crippen LogP contribution in [-0.4, -0.2) is 42.5 Å². The number of hydrogen-bond acceptors (Lipinski definition) is 4. The fourth-order valence-electron chi connectivity index (χ4n) is 2.03. The summed E-state index contributed by atoms with van der Waals surface area (Å²) in [6.07, 6.45) is 3.82. The van der Waals surface area contributed by atoms with E-state index in [0.717, 1.165) is 19.3 Å². The molecule has 3 N–H and O–H groups in total. The van der Waals surface area contributed by atoms with Gasteiger partial charge in [0.05, 0.1) is 5.25 Å². The van der Waals surface area contributed by atoms with Crippen LogP contribution in [0.3, 0.4) is 0 Å². The van der Waals surface area contributed by atoms with Gasteiger partial charge in [-0.1, -0.05) is 19.3 Å². The van der Waals surface area contributed by atoms with Gasteiger partial charge in [-0.05, 0) is 19.3 Å². The van der Waals surface area contributed by atoms with E-state index in [2.05, 4.69) is 4.72 Å². The number of carboxylic acids is 1. The van der Waals surface area contributed by atoms with Crippen molar-refractivity contribution in [2.75, 3.05) is 6.61 Å². The van der Waals surface area contributed by atoms with Crippen molar-refractivity contribution in [3.63, 3.8) is 0 Å². The molecule has 1 fully saturated rings. The topological polar surface area (TPSA) is 104 Å². The van der Waals surface area contributed by atoms with E-state index in [1.54, 1.807) is 0 Å². The van der Waals surface area contributed by atoms with Crippen LogP contribution in [0, 0.1) is 0 Å². The second-order valence-corrected chi connectivity index (χ2v) is 6.32. The fraction of sp³-hybridized carbons (Fsp3) is 0.900. The van der Waals surface area contributed by atoms with Crippen LogP contribution in [-0.2, 0) is 14.8 Å². The molecule has 1 aliphatic rings. The highest BCUT2D eigenvalue weighted by molar-refractivity contribution is 7.90. The summed E-state index contributed by atoms with van der Waals surface area (Å²) in [6, 6.07) is -1.23. The smallest absolute Gasteiger partial charge is 0.321 e. The van der Waals surface area contributed by atoms with Crippen molar-refractivity contribution in [1.82, 2.24) is 4.72 Å². The zero-order valence-electron chi connectivity index (χ0n) is 9.63. The van der Waals surface area contributed by atoms with Crippen LogP contribution < -0.4 is 4.72 Å². The summed E-state index contributed by atoms with van der Waals surface area (Å²) in [4.78, 5) is 10.8. The molecule has 0 saturated heterocycles. The molecule has 1 unspecified atom stereocenters. The number of aliphatic carboxylic acids is 1. The third-order valence-corrected chi connectivity index (χ3v) is 4.98. The first kappa shape index (κ1) is 14.4. The van der Waals surface area contributed by atoms with Gasteiger partial charge in [-0.3, -0.25) is 4.79 Å². The summed E-state index contributed by atoms with van der Waals surface area (Å²) in [7, 11) is -3.59. The molecular formula is C10H19NO5S. The molecule has 0 aromatic heterocycles. The van der Waals surface area contributed by atoms with Crippen molar-refractivity contribution in [3.8, 4) is 0 Å². The fourth-order valence-corrected chi connectivity index (χ4v) is 3.79. The largest absolute Gasteiger partial charge is 0.480 e. The number of hydrogen-bond donors (Lipinski definition) is 3. The molecule has 1 atom stereocenters. The lowest BCUT2D eigenvalue weighted by atomic mass is 10.0. The van der Waals surface area contributed by atoms with Gasteiger partial charge in [0.15, 0.2) is 0 Å². The van der Waals surface area contributed by atoms with E-state index in [4.69, 9.17) is 10.2 Å². The number of sulfonamides is 1. The molecule has 17 heavy (non-hydrogen) atoms. The normalized spacial score (nSPS) is 20.1. The Bertz CT molecular complexity index is 348. The Morgan fingerprint density at radius 3 is 2.35 bits per heavy atom. The van der Waals surface area contributed by atoms with Gasteiger partial charge in [0.1, 0.15) is 6.04 Å². The molecule has 0 amide bonds. The quantitative estimate of drug-likeness (QED) is 0.630. The van der Waals surface area contributed by atoms with Crippen LogP contribution in [0.25, 0.3) is 0 Å². The Morgan fingerprint density at radius 1 is 1.29 bits per heavy atom. The molecular weight excluding hydrogens is 246 g/mol. The van der Waals surface area contributed by atoms with Gasteiger partial charge in [-0.15, -0.1) is 0 Å². The Morgan fingerprint density at radius 2 is 1.88 bits per heavy atom. The maximum atomic E-state index is 11.9. The molecule has 1 saturated carbocycles. The van der Waals surface area contributed by atoms with Crippen molar-refractivity contribution >= 4 is 16.0 Å². The van der Waals surface area contributed by atoms with Gasteiger partial charge in [0, 0.05) is 6.61 Å². The number of aliphatic hydroxyl groups excluding tert-OH is 1. The number of nitrogens with one attached hydrogen (secondary N) is 1. The summed E-state index contributed by atoms with van der Waals surface area (Å²) in [5.41, 5.74) is 0. The molecule has 1 rings (SSSR count). The second-order valence-electron chi connectivity index (χ2n) is 4.33. The van der Waals surface area contributed by atoms with Crippen molar-refractivity contribution in [2.45, 2.75) is 49.8 Å². The van der Waals surface area contributed by atoms with Crippen molar-refractivity contribution in [2.24, 2.45) is 0 Å². The number of carboxylic acid groups (broad SMARTS) is 1. The average molecular weight is 265 g/mol. The molecule has 0 radical (unpaired) electrons. The minimum Gasteiger partial charge on any atom is -0.480 e. The first-order valence-electron chi connectivity index (χ1n) is 5.82. The molecule has 0 aromatic rings. The summed E-state index contributed by atoms with van der Waals surface area (Å²) in [6.45, 7) is -0.357. The van der Waals surface area contributed by atoms with E-state index in [1.165, 1.54) is 0 Å². The van der Waals surface area contributed by atoms with E-state index >= 15 is 0 Å². The Balaban J connectivity index is 2.65. The lowest BCUT2D eigenvalue weighted by Gasteiger charge is -2.24. The van der Waals surface area contributed by atoms with Gasteiger partial charge < -0.3 is 10.2 Å². The Labute approximate surface area is 101 Å². The van der Waals surface area contributed by atoms with Gasteiger partial charge in [-0.25, -0.2) is 13.1 Å². The third kappa shape index (κ3) is 4.25. The van der Waals surface area contributed by atoms with Gasteiger partial charge in [0.25, 0.3) is 0 Å². The SMILES string of the molecule is O=C(O)C(CCO)NS(=O)(=O)C1CCCCC1. The predicted molar refractivity (Wildman–Crippen MR) is 62.1 cm³/mol. The predicted octanol–water partition coefficient (Wildman–Crippen LogP) is 0.0741. The minimum atomic E-state index is -3.59. The van der Waals surface area contributed by atoms with Crippen LogP contribution in [0.2, 0.25) is 0 Å². The van der Waals surface area contributed by atoms with Gasteiger partial charge in [0.2, 0.25) is 10.0 Å². The lowest BCUT2D eigenvalue weighted by molar-refractivity contribution is -0.139. The van der Waals surface area contributed by atoms with Crippen LogP contribution in [0.1, 0.15) is 38.5 Å². The van der Waals surface area contributed by atoms with E-state index < -0.39 is 27.3 Å². The summed E-state index contributed by atoms with van der Waals surface area (Å²) < 4.78 is 26.0. The van der Waals surface area contributed by atoms with Gasteiger partial charge in [-0.2, -0.15) is 0 Å².